The molecule has 31 heavy (non-hydrogen) atoms. The maximum atomic E-state index is 13.5. The van der Waals surface area contributed by atoms with Crippen LogP contribution in [-0.4, -0.2) is 61.7 Å². The number of carbonyl (C=O) groups excluding carboxylic acids is 1. The number of nitrogens with zero attached hydrogens (tertiary/aromatic N) is 4. The van der Waals surface area contributed by atoms with Gasteiger partial charge in [-0.2, -0.15) is 4.31 Å². The van der Waals surface area contributed by atoms with Crippen molar-refractivity contribution in [1.82, 2.24) is 14.2 Å². The number of anilines is 2. The van der Waals surface area contributed by atoms with Crippen molar-refractivity contribution < 1.29 is 13.2 Å². The van der Waals surface area contributed by atoms with E-state index in [1.807, 2.05) is 49.7 Å². The zero-order valence-corrected chi connectivity index (χ0v) is 19.1. The van der Waals surface area contributed by atoms with E-state index in [-0.39, 0.29) is 10.8 Å². The van der Waals surface area contributed by atoms with Crippen molar-refractivity contribution in [3.05, 3.63) is 71.2 Å². The molecule has 0 unspecified atom stereocenters. The van der Waals surface area contributed by atoms with E-state index >= 15 is 0 Å². The van der Waals surface area contributed by atoms with Crippen LogP contribution in [0.4, 0.5) is 10.8 Å². The molecule has 0 bridgehead atoms. The predicted octanol–water partition coefficient (Wildman–Crippen LogP) is 3.37. The number of para-hydroxylation sites is 1. The fourth-order valence-electron chi connectivity index (χ4n) is 3.43. The van der Waals surface area contributed by atoms with Crippen molar-refractivity contribution in [2.24, 2.45) is 0 Å². The van der Waals surface area contributed by atoms with Gasteiger partial charge in [-0.3, -0.25) is 9.69 Å². The molecule has 1 saturated heterocycles. The van der Waals surface area contributed by atoms with Crippen molar-refractivity contribution in [2.75, 3.05) is 38.1 Å². The summed E-state index contributed by atoms with van der Waals surface area (Å²) in [6.07, 6.45) is 0. The third-order valence-corrected chi connectivity index (χ3v) is 8.03. The second kappa shape index (κ2) is 8.88. The quantitative estimate of drug-likeness (QED) is 0.589. The first-order valence-electron chi connectivity index (χ1n) is 9.96. The zero-order chi connectivity index (χ0) is 22.0. The lowest BCUT2D eigenvalue weighted by Gasteiger charge is -2.31. The van der Waals surface area contributed by atoms with Crippen LogP contribution in [-0.2, 0) is 10.0 Å². The maximum absolute atomic E-state index is 13.5. The summed E-state index contributed by atoms with van der Waals surface area (Å²) in [5.41, 5.74) is 1.79. The molecule has 0 saturated carbocycles. The van der Waals surface area contributed by atoms with Crippen LogP contribution in [0.25, 0.3) is 0 Å². The van der Waals surface area contributed by atoms with E-state index in [1.165, 1.54) is 26.6 Å². The lowest BCUT2D eigenvalue weighted by atomic mass is 10.2. The predicted molar refractivity (Wildman–Crippen MR) is 122 cm³/mol. The van der Waals surface area contributed by atoms with Crippen LogP contribution in [0, 0.1) is 6.92 Å². The minimum Gasteiger partial charge on any atom is -0.304 e. The molecule has 2 aromatic carbocycles. The van der Waals surface area contributed by atoms with Gasteiger partial charge >= 0.3 is 0 Å². The van der Waals surface area contributed by atoms with Gasteiger partial charge in [-0.1, -0.05) is 24.3 Å². The summed E-state index contributed by atoms with van der Waals surface area (Å²) in [6, 6.07) is 15.5. The Hall–Kier alpha value is -2.59. The molecule has 1 aromatic heterocycles. The molecule has 0 spiro atoms. The van der Waals surface area contributed by atoms with Crippen molar-refractivity contribution in [2.45, 2.75) is 11.8 Å². The molecule has 4 rings (SSSR count). The Balaban J connectivity index is 1.69. The SMILES string of the molecule is Cc1csc(N(C(=O)c2cccc(S(=O)(=O)N3CCN(C)CC3)c2)c2ccccc2)n1. The number of thiazole rings is 1. The smallest absolute Gasteiger partial charge is 0.264 e. The van der Waals surface area contributed by atoms with Gasteiger partial charge in [0.15, 0.2) is 5.13 Å². The van der Waals surface area contributed by atoms with Crippen LogP contribution in [0.3, 0.4) is 0 Å². The number of amides is 1. The molecular weight excluding hydrogens is 432 g/mol. The van der Waals surface area contributed by atoms with Crippen LogP contribution >= 0.6 is 11.3 Å². The molecule has 1 amide bonds. The van der Waals surface area contributed by atoms with Crippen molar-refractivity contribution >= 4 is 38.1 Å². The monoisotopic (exact) mass is 456 g/mol. The van der Waals surface area contributed by atoms with Crippen LogP contribution in [0.15, 0.2) is 64.9 Å². The number of aromatic nitrogens is 1. The lowest BCUT2D eigenvalue weighted by Crippen LogP contribution is -2.47. The van der Waals surface area contributed by atoms with Gasteiger partial charge in [0.2, 0.25) is 10.0 Å². The summed E-state index contributed by atoms with van der Waals surface area (Å²) in [6.45, 7) is 4.11. The van der Waals surface area contributed by atoms with E-state index in [1.54, 1.807) is 18.2 Å². The molecule has 0 radical (unpaired) electrons. The minimum atomic E-state index is -3.67. The topological polar surface area (TPSA) is 73.8 Å². The van der Waals surface area contributed by atoms with E-state index in [0.717, 1.165) is 5.69 Å². The molecule has 1 aliphatic heterocycles. The fourth-order valence-corrected chi connectivity index (χ4v) is 5.72. The molecule has 1 fully saturated rings. The Morgan fingerprint density at radius 3 is 2.39 bits per heavy atom. The normalized spacial score (nSPS) is 15.7. The van der Waals surface area contributed by atoms with Crippen LogP contribution in [0.5, 0.6) is 0 Å². The zero-order valence-electron chi connectivity index (χ0n) is 17.4. The van der Waals surface area contributed by atoms with E-state index < -0.39 is 10.0 Å². The van der Waals surface area contributed by atoms with Crippen molar-refractivity contribution in [3.63, 3.8) is 0 Å². The van der Waals surface area contributed by atoms with E-state index in [0.29, 0.717) is 42.6 Å². The van der Waals surface area contributed by atoms with Crippen molar-refractivity contribution in [3.8, 4) is 0 Å². The average molecular weight is 457 g/mol. The average Bonchev–Trinajstić information content (AvgIpc) is 3.20. The highest BCUT2D eigenvalue weighted by Gasteiger charge is 2.29. The van der Waals surface area contributed by atoms with E-state index in [4.69, 9.17) is 0 Å². The number of benzene rings is 2. The minimum absolute atomic E-state index is 0.131. The summed E-state index contributed by atoms with van der Waals surface area (Å²) in [4.78, 5) is 21.8. The summed E-state index contributed by atoms with van der Waals surface area (Å²) in [5.74, 6) is -0.323. The Kier molecular flexibility index (Phi) is 6.19. The fraction of sp³-hybridized carbons (Fsp3) is 0.273. The number of rotatable bonds is 5. The molecule has 2 heterocycles. The summed E-state index contributed by atoms with van der Waals surface area (Å²) >= 11 is 1.37. The van der Waals surface area contributed by atoms with E-state index in [9.17, 15) is 13.2 Å². The van der Waals surface area contributed by atoms with Crippen LogP contribution in [0.2, 0.25) is 0 Å². The van der Waals surface area contributed by atoms with Gasteiger partial charge in [-0.05, 0) is 44.3 Å². The largest absolute Gasteiger partial charge is 0.304 e. The molecule has 3 aromatic rings. The molecule has 9 heteroatoms. The first-order chi connectivity index (χ1) is 14.9. The summed E-state index contributed by atoms with van der Waals surface area (Å²) in [5, 5.41) is 2.42. The third-order valence-electron chi connectivity index (χ3n) is 5.20. The van der Waals surface area contributed by atoms with Gasteiger partial charge in [0.05, 0.1) is 16.3 Å². The standard InChI is InChI=1S/C22H24N4O3S2/c1-17-16-30-22(23-17)26(19-8-4-3-5-9-19)21(27)18-7-6-10-20(15-18)31(28,29)25-13-11-24(2)12-14-25/h3-10,15-16H,11-14H2,1-2H3. The second-order valence-electron chi connectivity index (χ2n) is 7.48. The number of sulfonamides is 1. The van der Waals surface area contributed by atoms with E-state index in [2.05, 4.69) is 9.88 Å². The Morgan fingerprint density at radius 1 is 1.03 bits per heavy atom. The van der Waals surface area contributed by atoms with Gasteiger partial charge in [-0.15, -0.1) is 11.3 Å². The number of aryl methyl sites for hydroxylation is 1. The Labute approximate surface area is 186 Å². The van der Waals surface area contributed by atoms with Crippen LogP contribution < -0.4 is 4.90 Å². The van der Waals surface area contributed by atoms with Gasteiger partial charge in [0, 0.05) is 37.1 Å². The number of hydrogen-bond donors (Lipinski definition) is 0. The summed E-state index contributed by atoms with van der Waals surface area (Å²) < 4.78 is 27.8. The second-order valence-corrected chi connectivity index (χ2v) is 10.3. The Bertz CT molecular complexity index is 1170. The highest BCUT2D eigenvalue weighted by atomic mass is 32.2. The van der Waals surface area contributed by atoms with Crippen LogP contribution in [0.1, 0.15) is 16.1 Å². The van der Waals surface area contributed by atoms with Gasteiger partial charge in [0.25, 0.3) is 5.91 Å². The Morgan fingerprint density at radius 2 is 1.74 bits per heavy atom. The molecule has 7 nitrogen and oxygen atoms in total. The number of hydrogen-bond acceptors (Lipinski definition) is 6. The third kappa shape index (κ3) is 4.54. The first-order valence-corrected chi connectivity index (χ1v) is 12.3. The molecule has 0 N–H and O–H groups in total. The van der Waals surface area contributed by atoms with Crippen molar-refractivity contribution in [1.29, 1.82) is 0 Å². The number of piperazine rings is 1. The first kappa shape index (κ1) is 21.6. The number of likely N-dealkylation sites (N-methyl/N-ethyl adjacent to an activating group) is 1. The molecule has 1 aliphatic rings. The molecule has 0 aliphatic carbocycles. The molecule has 162 valence electrons. The summed E-state index contributed by atoms with van der Waals surface area (Å²) in [7, 11) is -1.70. The maximum Gasteiger partial charge on any atom is 0.264 e. The highest BCUT2D eigenvalue weighted by molar-refractivity contribution is 7.89. The van der Waals surface area contributed by atoms with Gasteiger partial charge in [0.1, 0.15) is 0 Å². The van der Waals surface area contributed by atoms with Gasteiger partial charge < -0.3 is 4.90 Å². The lowest BCUT2D eigenvalue weighted by molar-refractivity contribution is 0.0999. The molecule has 0 atom stereocenters. The van der Waals surface area contributed by atoms with Gasteiger partial charge in [-0.25, -0.2) is 13.4 Å². The number of carbonyl (C=O) groups is 1. The highest BCUT2D eigenvalue weighted by Crippen LogP contribution is 2.31. The molecular formula is C22H24N4O3S2.